The van der Waals surface area contributed by atoms with Crippen molar-refractivity contribution in [2.24, 2.45) is 0 Å². The van der Waals surface area contributed by atoms with E-state index >= 15 is 0 Å². The molecule has 76 valence electrons. The summed E-state index contributed by atoms with van der Waals surface area (Å²) in [6, 6.07) is 1.76. The van der Waals surface area contributed by atoms with E-state index in [0.717, 1.165) is 4.47 Å². The number of nitrogens with one attached hydrogen (secondary N) is 1. The highest BCUT2D eigenvalue weighted by atomic mass is 79.9. The molecule has 1 N–H and O–H groups in total. The van der Waals surface area contributed by atoms with Gasteiger partial charge in [-0.25, -0.2) is 0 Å². The number of hydrogen-bond donors (Lipinski definition) is 1. The van der Waals surface area contributed by atoms with Crippen LogP contribution in [0.4, 0.5) is 5.00 Å². The summed E-state index contributed by atoms with van der Waals surface area (Å²) in [5.74, 6) is -0.913. The van der Waals surface area contributed by atoms with Gasteiger partial charge in [0.05, 0.1) is 12.1 Å². The Kier molecular flexibility index (Phi) is 4.09. The highest BCUT2D eigenvalue weighted by molar-refractivity contribution is 9.10. The average Bonchev–Trinajstić information content (AvgIpc) is 2.50. The number of thiophene rings is 1. The third-order valence-electron chi connectivity index (χ3n) is 1.36. The predicted molar refractivity (Wildman–Crippen MR) is 57.3 cm³/mol. The quantitative estimate of drug-likeness (QED) is 0.679. The summed E-state index contributed by atoms with van der Waals surface area (Å²) in [5, 5.41) is 5.12. The van der Waals surface area contributed by atoms with Gasteiger partial charge in [0.2, 0.25) is 5.91 Å². The lowest BCUT2D eigenvalue weighted by atomic mass is 10.4. The molecule has 1 amide bonds. The fraction of sp³-hybridized carbons (Fsp3) is 0.250. The monoisotopic (exact) mass is 277 g/mol. The number of rotatable bonds is 3. The minimum Gasteiger partial charge on any atom is -0.469 e. The van der Waals surface area contributed by atoms with Gasteiger partial charge < -0.3 is 10.1 Å². The molecule has 0 unspecified atom stereocenters. The van der Waals surface area contributed by atoms with Gasteiger partial charge in [0, 0.05) is 9.85 Å². The smallest absolute Gasteiger partial charge is 0.315 e. The maximum atomic E-state index is 11.2. The van der Waals surface area contributed by atoms with Crippen LogP contribution in [0.3, 0.4) is 0 Å². The molecule has 0 fully saturated rings. The molecule has 4 nitrogen and oxygen atoms in total. The third-order valence-corrected chi connectivity index (χ3v) is 2.97. The Balaban J connectivity index is 2.45. The molecule has 1 heterocycles. The first kappa shape index (κ1) is 11.2. The molecule has 0 bridgehead atoms. The molecule has 0 atom stereocenters. The lowest BCUT2D eigenvalue weighted by molar-refractivity contribution is -0.142. The second-order valence-corrected chi connectivity index (χ2v) is 4.26. The summed E-state index contributed by atoms with van der Waals surface area (Å²) in [4.78, 5) is 21.9. The van der Waals surface area contributed by atoms with E-state index < -0.39 is 5.97 Å². The molecule has 0 spiro atoms. The second-order valence-electron chi connectivity index (χ2n) is 2.43. The Bertz CT molecular complexity index is 350. The van der Waals surface area contributed by atoms with Crippen LogP contribution >= 0.6 is 27.3 Å². The molecule has 0 saturated carbocycles. The maximum absolute atomic E-state index is 11.2. The van der Waals surface area contributed by atoms with Crippen molar-refractivity contribution < 1.29 is 14.3 Å². The number of ether oxygens (including phenoxy) is 1. The van der Waals surface area contributed by atoms with E-state index in [-0.39, 0.29) is 12.3 Å². The number of hydrogen-bond acceptors (Lipinski definition) is 4. The zero-order valence-corrected chi connectivity index (χ0v) is 9.78. The Labute approximate surface area is 93.4 Å². The largest absolute Gasteiger partial charge is 0.469 e. The lowest BCUT2D eigenvalue weighted by Crippen LogP contribution is -2.16. The minimum atomic E-state index is -0.543. The molecule has 1 aromatic rings. The van der Waals surface area contributed by atoms with Crippen LogP contribution < -0.4 is 5.32 Å². The van der Waals surface area contributed by atoms with Crippen molar-refractivity contribution in [1.82, 2.24) is 0 Å². The molecule has 1 aromatic heterocycles. The standard InChI is InChI=1S/C8H8BrNO3S/c1-13-8(12)3-6(11)10-7-2-5(9)4-14-7/h2,4H,3H2,1H3,(H,10,11). The van der Waals surface area contributed by atoms with E-state index in [0.29, 0.717) is 5.00 Å². The fourth-order valence-corrected chi connectivity index (χ4v) is 2.10. The van der Waals surface area contributed by atoms with Gasteiger partial charge in [-0.15, -0.1) is 11.3 Å². The van der Waals surface area contributed by atoms with E-state index in [9.17, 15) is 9.59 Å². The number of carbonyl (C=O) groups excluding carboxylic acids is 2. The Morgan fingerprint density at radius 1 is 1.64 bits per heavy atom. The number of anilines is 1. The van der Waals surface area contributed by atoms with Gasteiger partial charge in [0.15, 0.2) is 0 Å². The predicted octanol–water partition coefficient (Wildman–Crippen LogP) is 2.01. The minimum absolute atomic E-state index is 0.258. The topological polar surface area (TPSA) is 55.4 Å². The van der Waals surface area contributed by atoms with Crippen LogP contribution in [0.15, 0.2) is 15.9 Å². The number of carbonyl (C=O) groups is 2. The number of methoxy groups -OCH3 is 1. The second kappa shape index (κ2) is 5.11. The van der Waals surface area contributed by atoms with Crippen LogP contribution in [0.2, 0.25) is 0 Å². The van der Waals surface area contributed by atoms with E-state index in [1.54, 1.807) is 6.07 Å². The van der Waals surface area contributed by atoms with Crippen LogP contribution in [0.25, 0.3) is 0 Å². The van der Waals surface area contributed by atoms with Crippen LogP contribution in [0.5, 0.6) is 0 Å². The molecule has 0 radical (unpaired) electrons. The third kappa shape index (κ3) is 3.47. The number of amides is 1. The van der Waals surface area contributed by atoms with E-state index in [2.05, 4.69) is 26.0 Å². The Hall–Kier alpha value is -0.880. The highest BCUT2D eigenvalue weighted by Crippen LogP contribution is 2.24. The molecule has 0 aliphatic heterocycles. The summed E-state index contributed by atoms with van der Waals surface area (Å²) in [6.45, 7) is 0. The van der Waals surface area contributed by atoms with Crippen molar-refractivity contribution in [1.29, 1.82) is 0 Å². The number of esters is 1. The molecule has 1 rings (SSSR count). The van der Waals surface area contributed by atoms with Gasteiger partial charge >= 0.3 is 5.97 Å². The van der Waals surface area contributed by atoms with Gasteiger partial charge in [-0.05, 0) is 22.0 Å². The fourth-order valence-electron chi connectivity index (χ4n) is 0.763. The van der Waals surface area contributed by atoms with Gasteiger partial charge in [0.25, 0.3) is 0 Å². The van der Waals surface area contributed by atoms with Gasteiger partial charge in [0.1, 0.15) is 6.42 Å². The molecule has 0 aromatic carbocycles. The summed E-state index contributed by atoms with van der Waals surface area (Å²) in [7, 11) is 1.25. The first-order chi connectivity index (χ1) is 6.61. The lowest BCUT2D eigenvalue weighted by Gasteiger charge is -2.00. The Morgan fingerprint density at radius 2 is 2.36 bits per heavy atom. The summed E-state index contributed by atoms with van der Waals surface area (Å²) in [5.41, 5.74) is 0. The van der Waals surface area contributed by atoms with Crippen molar-refractivity contribution in [2.75, 3.05) is 12.4 Å². The zero-order chi connectivity index (χ0) is 10.6. The summed E-state index contributed by atoms with van der Waals surface area (Å²) in [6.07, 6.45) is -0.258. The van der Waals surface area contributed by atoms with Gasteiger partial charge in [-0.3, -0.25) is 9.59 Å². The molecular weight excluding hydrogens is 270 g/mol. The van der Waals surface area contributed by atoms with Gasteiger partial charge in [-0.1, -0.05) is 0 Å². The van der Waals surface area contributed by atoms with Crippen LogP contribution in [0, 0.1) is 0 Å². The number of halogens is 1. The normalized spacial score (nSPS) is 9.57. The van der Waals surface area contributed by atoms with Crippen molar-refractivity contribution in [3.63, 3.8) is 0 Å². The van der Waals surface area contributed by atoms with Crippen molar-refractivity contribution >= 4 is 44.1 Å². The average molecular weight is 278 g/mol. The van der Waals surface area contributed by atoms with E-state index in [1.165, 1.54) is 18.4 Å². The molecule has 0 saturated heterocycles. The molecule has 14 heavy (non-hydrogen) atoms. The van der Waals surface area contributed by atoms with Crippen molar-refractivity contribution in [3.8, 4) is 0 Å². The van der Waals surface area contributed by atoms with Crippen molar-refractivity contribution in [3.05, 3.63) is 15.9 Å². The van der Waals surface area contributed by atoms with Gasteiger partial charge in [-0.2, -0.15) is 0 Å². The molecule has 0 aliphatic rings. The summed E-state index contributed by atoms with van der Waals surface area (Å²) >= 11 is 4.64. The first-order valence-electron chi connectivity index (χ1n) is 3.72. The first-order valence-corrected chi connectivity index (χ1v) is 5.40. The Morgan fingerprint density at radius 3 is 2.86 bits per heavy atom. The van der Waals surface area contributed by atoms with Crippen molar-refractivity contribution in [2.45, 2.75) is 6.42 Å². The van der Waals surface area contributed by atoms with E-state index in [1.807, 2.05) is 5.38 Å². The van der Waals surface area contributed by atoms with Crippen LogP contribution in [0.1, 0.15) is 6.42 Å². The molecule has 0 aliphatic carbocycles. The van der Waals surface area contributed by atoms with Crippen LogP contribution in [-0.4, -0.2) is 19.0 Å². The summed E-state index contributed by atoms with van der Waals surface area (Å²) < 4.78 is 5.26. The zero-order valence-electron chi connectivity index (χ0n) is 7.37. The highest BCUT2D eigenvalue weighted by Gasteiger charge is 2.10. The maximum Gasteiger partial charge on any atom is 0.315 e. The van der Waals surface area contributed by atoms with E-state index in [4.69, 9.17) is 0 Å². The SMILES string of the molecule is COC(=O)CC(=O)Nc1cc(Br)cs1. The molecular formula is C8H8BrNO3S. The molecule has 6 heteroatoms. The van der Waals surface area contributed by atoms with Crippen LogP contribution in [-0.2, 0) is 14.3 Å².